The van der Waals surface area contributed by atoms with Gasteiger partial charge in [-0.3, -0.25) is 4.79 Å². The van der Waals surface area contributed by atoms with E-state index in [2.05, 4.69) is 6.92 Å². The Morgan fingerprint density at radius 3 is 2.48 bits per heavy atom. The Morgan fingerprint density at radius 2 is 1.91 bits per heavy atom. The van der Waals surface area contributed by atoms with Gasteiger partial charge in [0.1, 0.15) is 11.4 Å². The summed E-state index contributed by atoms with van der Waals surface area (Å²) in [5.74, 6) is 0.586. The topological polar surface area (TPSA) is 57.5 Å². The second-order valence-corrected chi connectivity index (χ2v) is 6.46. The van der Waals surface area contributed by atoms with Gasteiger partial charge in [0.2, 0.25) is 0 Å². The SMILES string of the molecule is CCCc1cc(=O)n(C(=O)OC(C)(C)C)c2cc(OC)ccc12. The number of hydrogen-bond donors (Lipinski definition) is 0. The van der Waals surface area contributed by atoms with Crippen LogP contribution in [-0.4, -0.2) is 23.4 Å². The Kier molecular flexibility index (Phi) is 4.78. The minimum atomic E-state index is -0.677. The van der Waals surface area contributed by atoms with Crippen molar-refractivity contribution in [3.63, 3.8) is 0 Å². The molecule has 0 aliphatic heterocycles. The highest BCUT2D eigenvalue weighted by molar-refractivity contribution is 5.91. The molecule has 0 aliphatic rings. The highest BCUT2D eigenvalue weighted by Gasteiger charge is 2.21. The van der Waals surface area contributed by atoms with Gasteiger partial charge in [-0.05, 0) is 44.9 Å². The highest BCUT2D eigenvalue weighted by atomic mass is 16.6. The van der Waals surface area contributed by atoms with E-state index < -0.39 is 11.7 Å². The van der Waals surface area contributed by atoms with Gasteiger partial charge in [-0.25, -0.2) is 9.36 Å². The number of ether oxygens (including phenoxy) is 2. The van der Waals surface area contributed by atoms with Gasteiger partial charge in [0, 0.05) is 17.5 Å². The summed E-state index contributed by atoms with van der Waals surface area (Å²) in [6.45, 7) is 7.35. The van der Waals surface area contributed by atoms with Crippen LogP contribution in [0.15, 0.2) is 29.1 Å². The van der Waals surface area contributed by atoms with E-state index in [4.69, 9.17) is 9.47 Å². The van der Waals surface area contributed by atoms with Crippen LogP contribution >= 0.6 is 0 Å². The van der Waals surface area contributed by atoms with E-state index in [1.807, 2.05) is 12.1 Å². The molecular formula is C18H23NO4. The minimum absolute atomic E-state index is 0.386. The summed E-state index contributed by atoms with van der Waals surface area (Å²) in [6.07, 6.45) is 1.01. The lowest BCUT2D eigenvalue weighted by Gasteiger charge is -2.21. The number of carbonyl (C=O) groups excluding carboxylic acids is 1. The summed E-state index contributed by atoms with van der Waals surface area (Å²) in [7, 11) is 1.55. The van der Waals surface area contributed by atoms with E-state index in [0.29, 0.717) is 11.3 Å². The lowest BCUT2D eigenvalue weighted by Crippen LogP contribution is -2.34. The van der Waals surface area contributed by atoms with Crippen molar-refractivity contribution in [3.8, 4) is 5.75 Å². The maximum Gasteiger partial charge on any atom is 0.422 e. The molecule has 5 heteroatoms. The Morgan fingerprint density at radius 1 is 1.22 bits per heavy atom. The predicted octanol–water partition coefficient (Wildman–Crippen LogP) is 3.75. The first-order valence-electron chi connectivity index (χ1n) is 7.73. The number of aromatic nitrogens is 1. The van der Waals surface area contributed by atoms with Crippen molar-refractivity contribution >= 4 is 17.0 Å². The van der Waals surface area contributed by atoms with Gasteiger partial charge in [0.15, 0.2) is 0 Å². The lowest BCUT2D eigenvalue weighted by atomic mass is 10.0. The standard InChI is InChI=1S/C18H23NO4/c1-6-7-12-10-16(20)19(17(21)23-18(2,3)4)15-11-13(22-5)8-9-14(12)15/h8-11H,6-7H2,1-5H3. The van der Waals surface area contributed by atoms with E-state index in [1.165, 1.54) is 6.07 Å². The van der Waals surface area contributed by atoms with Crippen LogP contribution in [-0.2, 0) is 11.2 Å². The highest BCUT2D eigenvalue weighted by Crippen LogP contribution is 2.24. The van der Waals surface area contributed by atoms with E-state index in [9.17, 15) is 9.59 Å². The second-order valence-electron chi connectivity index (χ2n) is 6.46. The lowest BCUT2D eigenvalue weighted by molar-refractivity contribution is 0.0538. The van der Waals surface area contributed by atoms with E-state index in [1.54, 1.807) is 33.9 Å². The van der Waals surface area contributed by atoms with Gasteiger partial charge >= 0.3 is 6.09 Å². The minimum Gasteiger partial charge on any atom is -0.497 e. The van der Waals surface area contributed by atoms with Crippen LogP contribution in [0.4, 0.5) is 4.79 Å². The van der Waals surface area contributed by atoms with Crippen molar-refractivity contribution in [2.45, 2.75) is 46.1 Å². The largest absolute Gasteiger partial charge is 0.497 e. The number of carbonyl (C=O) groups is 1. The quantitative estimate of drug-likeness (QED) is 0.865. The number of hydrogen-bond acceptors (Lipinski definition) is 4. The molecule has 1 aromatic heterocycles. The van der Waals surface area contributed by atoms with Gasteiger partial charge in [0.25, 0.3) is 5.56 Å². The monoisotopic (exact) mass is 317 g/mol. The summed E-state index contributed by atoms with van der Waals surface area (Å²) in [6, 6.07) is 6.91. The van der Waals surface area contributed by atoms with Crippen LogP contribution in [0.25, 0.3) is 10.9 Å². The number of benzene rings is 1. The van der Waals surface area contributed by atoms with Gasteiger partial charge in [-0.15, -0.1) is 0 Å². The molecule has 0 amide bonds. The van der Waals surface area contributed by atoms with Crippen molar-refractivity contribution in [1.82, 2.24) is 4.57 Å². The van der Waals surface area contributed by atoms with Gasteiger partial charge < -0.3 is 9.47 Å². The summed E-state index contributed by atoms with van der Waals surface area (Å²) in [5.41, 5.74) is 0.372. The van der Waals surface area contributed by atoms with Gasteiger partial charge in [-0.2, -0.15) is 0 Å². The zero-order chi connectivity index (χ0) is 17.2. The van der Waals surface area contributed by atoms with Crippen LogP contribution in [0.2, 0.25) is 0 Å². The third-order valence-electron chi connectivity index (χ3n) is 3.41. The molecule has 0 saturated heterocycles. The smallest absolute Gasteiger partial charge is 0.422 e. The fourth-order valence-electron chi connectivity index (χ4n) is 2.48. The number of pyridine rings is 1. The maximum atomic E-state index is 12.5. The zero-order valence-corrected chi connectivity index (χ0v) is 14.3. The third kappa shape index (κ3) is 3.73. The average Bonchev–Trinajstić information content (AvgIpc) is 2.44. The number of fused-ring (bicyclic) bond motifs is 1. The van der Waals surface area contributed by atoms with Gasteiger partial charge in [0.05, 0.1) is 12.6 Å². The van der Waals surface area contributed by atoms with Crippen molar-refractivity contribution in [2.24, 2.45) is 0 Å². The van der Waals surface area contributed by atoms with E-state index >= 15 is 0 Å². The molecule has 23 heavy (non-hydrogen) atoms. The first-order valence-corrected chi connectivity index (χ1v) is 7.73. The van der Waals surface area contributed by atoms with Crippen molar-refractivity contribution in [1.29, 1.82) is 0 Å². The molecule has 1 aromatic carbocycles. The Labute approximate surface area is 135 Å². The van der Waals surface area contributed by atoms with Crippen molar-refractivity contribution in [2.75, 3.05) is 7.11 Å². The van der Waals surface area contributed by atoms with Crippen LogP contribution in [0.3, 0.4) is 0 Å². The first kappa shape index (κ1) is 17.1. The molecule has 0 atom stereocenters. The van der Waals surface area contributed by atoms with Crippen molar-refractivity contribution in [3.05, 3.63) is 40.2 Å². The maximum absolute atomic E-state index is 12.5. The summed E-state index contributed by atoms with van der Waals surface area (Å²) in [5, 5.41) is 0.859. The van der Waals surface area contributed by atoms with Crippen LogP contribution < -0.4 is 10.3 Å². The fraction of sp³-hybridized carbons (Fsp3) is 0.444. The number of nitrogens with zero attached hydrogens (tertiary/aromatic N) is 1. The molecule has 0 bridgehead atoms. The molecule has 0 aliphatic carbocycles. The normalized spacial score (nSPS) is 11.5. The Balaban J connectivity index is 2.72. The number of methoxy groups -OCH3 is 1. The Bertz CT molecular complexity index is 784. The molecular weight excluding hydrogens is 294 g/mol. The summed E-state index contributed by atoms with van der Waals surface area (Å²) >= 11 is 0. The molecule has 0 saturated carbocycles. The van der Waals surface area contributed by atoms with Crippen LogP contribution in [0.1, 0.15) is 39.7 Å². The molecule has 1 heterocycles. The van der Waals surface area contributed by atoms with E-state index in [-0.39, 0.29) is 5.56 Å². The van der Waals surface area contributed by atoms with Crippen LogP contribution in [0, 0.1) is 0 Å². The molecule has 2 rings (SSSR count). The molecule has 2 aromatic rings. The summed E-state index contributed by atoms with van der Waals surface area (Å²) < 4.78 is 11.7. The van der Waals surface area contributed by atoms with Crippen LogP contribution in [0.5, 0.6) is 5.75 Å². The second kappa shape index (κ2) is 6.44. The molecule has 0 radical (unpaired) electrons. The molecule has 0 spiro atoms. The number of rotatable bonds is 3. The van der Waals surface area contributed by atoms with Crippen molar-refractivity contribution < 1.29 is 14.3 Å². The number of aryl methyl sites for hydroxylation is 1. The van der Waals surface area contributed by atoms with E-state index in [0.717, 1.165) is 28.4 Å². The zero-order valence-electron chi connectivity index (χ0n) is 14.3. The molecule has 5 nitrogen and oxygen atoms in total. The third-order valence-corrected chi connectivity index (χ3v) is 3.41. The molecule has 0 fully saturated rings. The molecule has 124 valence electrons. The average molecular weight is 317 g/mol. The summed E-state index contributed by atoms with van der Waals surface area (Å²) in [4.78, 5) is 24.9. The fourth-order valence-corrected chi connectivity index (χ4v) is 2.48. The van der Waals surface area contributed by atoms with Gasteiger partial charge in [-0.1, -0.05) is 13.3 Å². The Hall–Kier alpha value is -2.30. The first-order chi connectivity index (χ1) is 10.8. The predicted molar refractivity (Wildman–Crippen MR) is 90.4 cm³/mol. The molecule has 0 unspecified atom stereocenters. The molecule has 0 N–H and O–H groups in total.